The number of hydrogen-bond donors (Lipinski definition) is 0. The zero-order valence-corrected chi connectivity index (χ0v) is 14.8. The standard InChI is InChI=1S/C20H34O/c1-17(2)9-7-10-19(5)11-8-12-20(6)14-16-21-15-13-18(3)4/h9,11,14H,3,7-8,10,12-13,15-16H2,1-2,4-6H3/b19-11+,20-14+. The molecule has 0 aliphatic heterocycles. The van der Waals surface area contributed by atoms with Crippen molar-refractivity contribution in [3.63, 3.8) is 0 Å². The van der Waals surface area contributed by atoms with Gasteiger partial charge in [0.05, 0.1) is 13.2 Å². The zero-order chi connectivity index (χ0) is 16.1. The molecule has 0 bridgehead atoms. The summed E-state index contributed by atoms with van der Waals surface area (Å²) in [6.45, 7) is 16.2. The van der Waals surface area contributed by atoms with Crippen molar-refractivity contribution in [3.05, 3.63) is 47.1 Å². The first-order chi connectivity index (χ1) is 9.91. The molecule has 0 aromatic carbocycles. The maximum Gasteiger partial charge on any atom is 0.0650 e. The van der Waals surface area contributed by atoms with Gasteiger partial charge in [0.15, 0.2) is 0 Å². The molecular formula is C20H34O. The number of hydrogen-bond acceptors (Lipinski definition) is 1. The fourth-order valence-electron chi connectivity index (χ4n) is 1.87. The van der Waals surface area contributed by atoms with Crippen LogP contribution in [0.1, 0.15) is 66.7 Å². The van der Waals surface area contributed by atoms with Gasteiger partial charge in [0.2, 0.25) is 0 Å². The lowest BCUT2D eigenvalue weighted by Crippen LogP contribution is -1.95. The Morgan fingerprint density at radius 1 is 0.810 bits per heavy atom. The molecule has 0 N–H and O–H groups in total. The maximum atomic E-state index is 5.56. The highest BCUT2D eigenvalue weighted by Gasteiger charge is 1.93. The molecule has 0 saturated heterocycles. The first kappa shape index (κ1) is 19.9. The predicted molar refractivity (Wildman–Crippen MR) is 95.7 cm³/mol. The SMILES string of the molecule is C=C(C)CCOC/C=C(\C)CC/C=C(\C)CCC=C(C)C. The van der Waals surface area contributed by atoms with E-state index in [-0.39, 0.29) is 0 Å². The fraction of sp³-hybridized carbons (Fsp3) is 0.600. The highest BCUT2D eigenvalue weighted by molar-refractivity contribution is 5.05. The van der Waals surface area contributed by atoms with Crippen molar-refractivity contribution >= 4 is 0 Å². The molecule has 0 saturated carbocycles. The molecule has 1 heteroatoms. The summed E-state index contributed by atoms with van der Waals surface area (Å²) in [4.78, 5) is 0. The second-order valence-electron chi connectivity index (χ2n) is 6.24. The summed E-state index contributed by atoms with van der Waals surface area (Å²) in [6.07, 6.45) is 12.4. The Morgan fingerprint density at radius 3 is 1.95 bits per heavy atom. The van der Waals surface area contributed by atoms with Crippen LogP contribution in [0.25, 0.3) is 0 Å². The molecule has 0 aliphatic rings. The third kappa shape index (κ3) is 15.1. The third-order valence-electron chi connectivity index (χ3n) is 3.35. The molecule has 0 atom stereocenters. The van der Waals surface area contributed by atoms with Crippen molar-refractivity contribution in [2.24, 2.45) is 0 Å². The van der Waals surface area contributed by atoms with Crippen molar-refractivity contribution in [2.75, 3.05) is 13.2 Å². The average Bonchev–Trinajstić information content (AvgIpc) is 2.37. The summed E-state index contributed by atoms with van der Waals surface area (Å²) >= 11 is 0. The molecule has 120 valence electrons. The Labute approximate surface area is 132 Å². The Hall–Kier alpha value is -1.08. The van der Waals surface area contributed by atoms with Crippen LogP contribution in [0.4, 0.5) is 0 Å². The lowest BCUT2D eigenvalue weighted by atomic mass is 10.1. The molecule has 0 rings (SSSR count). The highest BCUT2D eigenvalue weighted by Crippen LogP contribution is 2.11. The van der Waals surface area contributed by atoms with Crippen LogP contribution in [-0.4, -0.2) is 13.2 Å². The van der Waals surface area contributed by atoms with E-state index in [1.54, 1.807) is 0 Å². The molecule has 0 spiro atoms. The van der Waals surface area contributed by atoms with Gasteiger partial charge in [-0.05, 0) is 66.7 Å². The van der Waals surface area contributed by atoms with E-state index in [4.69, 9.17) is 4.74 Å². The molecule has 0 amide bonds. The topological polar surface area (TPSA) is 9.23 Å². The van der Waals surface area contributed by atoms with Crippen LogP contribution in [-0.2, 0) is 4.74 Å². The quantitative estimate of drug-likeness (QED) is 0.316. The Morgan fingerprint density at radius 2 is 1.38 bits per heavy atom. The molecule has 0 radical (unpaired) electrons. The van der Waals surface area contributed by atoms with Crippen LogP contribution >= 0.6 is 0 Å². The smallest absolute Gasteiger partial charge is 0.0650 e. The Balaban J connectivity index is 3.78. The van der Waals surface area contributed by atoms with Crippen LogP contribution in [0, 0.1) is 0 Å². The van der Waals surface area contributed by atoms with Crippen molar-refractivity contribution in [1.29, 1.82) is 0 Å². The minimum Gasteiger partial charge on any atom is -0.377 e. The molecule has 0 aromatic rings. The van der Waals surface area contributed by atoms with Crippen LogP contribution in [0.3, 0.4) is 0 Å². The summed E-state index contributed by atoms with van der Waals surface area (Å²) in [7, 11) is 0. The monoisotopic (exact) mass is 290 g/mol. The van der Waals surface area contributed by atoms with Crippen LogP contribution in [0.5, 0.6) is 0 Å². The zero-order valence-electron chi connectivity index (χ0n) is 14.8. The van der Waals surface area contributed by atoms with Gasteiger partial charge >= 0.3 is 0 Å². The Bertz CT molecular complexity index is 379. The summed E-state index contributed by atoms with van der Waals surface area (Å²) < 4.78 is 5.56. The number of ether oxygens (including phenoxy) is 1. The van der Waals surface area contributed by atoms with Crippen molar-refractivity contribution in [1.82, 2.24) is 0 Å². The summed E-state index contributed by atoms with van der Waals surface area (Å²) in [5.41, 5.74) is 5.51. The van der Waals surface area contributed by atoms with Gasteiger partial charge in [-0.1, -0.05) is 40.5 Å². The van der Waals surface area contributed by atoms with Gasteiger partial charge in [-0.25, -0.2) is 0 Å². The van der Waals surface area contributed by atoms with Crippen LogP contribution in [0.2, 0.25) is 0 Å². The van der Waals surface area contributed by atoms with Gasteiger partial charge < -0.3 is 4.74 Å². The fourth-order valence-corrected chi connectivity index (χ4v) is 1.87. The molecular weight excluding hydrogens is 256 g/mol. The van der Waals surface area contributed by atoms with Gasteiger partial charge in [-0.2, -0.15) is 0 Å². The summed E-state index contributed by atoms with van der Waals surface area (Å²) in [5.74, 6) is 0. The van der Waals surface area contributed by atoms with Gasteiger partial charge in [-0.15, -0.1) is 6.58 Å². The maximum absolute atomic E-state index is 5.56. The molecule has 0 unspecified atom stereocenters. The van der Waals surface area contributed by atoms with E-state index in [1.165, 1.54) is 28.7 Å². The van der Waals surface area contributed by atoms with E-state index in [2.05, 4.69) is 52.5 Å². The van der Waals surface area contributed by atoms with Crippen molar-refractivity contribution < 1.29 is 4.74 Å². The second-order valence-corrected chi connectivity index (χ2v) is 6.24. The van der Waals surface area contributed by atoms with Crippen molar-refractivity contribution in [3.8, 4) is 0 Å². The predicted octanol–water partition coefficient (Wildman–Crippen LogP) is 6.39. The Kier molecular flexibility index (Phi) is 12.0. The summed E-state index contributed by atoms with van der Waals surface area (Å²) in [5, 5.41) is 0. The van der Waals surface area contributed by atoms with E-state index >= 15 is 0 Å². The van der Waals surface area contributed by atoms with Crippen molar-refractivity contribution in [2.45, 2.75) is 66.7 Å². The largest absolute Gasteiger partial charge is 0.377 e. The molecule has 0 aromatic heterocycles. The van der Waals surface area contributed by atoms with Gasteiger partial charge in [0.25, 0.3) is 0 Å². The molecule has 0 aliphatic carbocycles. The highest BCUT2D eigenvalue weighted by atomic mass is 16.5. The summed E-state index contributed by atoms with van der Waals surface area (Å²) in [6, 6.07) is 0. The lowest BCUT2D eigenvalue weighted by molar-refractivity contribution is 0.165. The average molecular weight is 290 g/mol. The number of rotatable bonds is 11. The number of allylic oxidation sites excluding steroid dienone is 5. The lowest BCUT2D eigenvalue weighted by Gasteiger charge is -2.03. The van der Waals surface area contributed by atoms with E-state index in [0.717, 1.165) is 38.9 Å². The normalized spacial score (nSPS) is 12.4. The van der Waals surface area contributed by atoms with Gasteiger partial charge in [0.1, 0.15) is 0 Å². The van der Waals surface area contributed by atoms with E-state index in [9.17, 15) is 0 Å². The molecule has 0 fully saturated rings. The minimum atomic E-state index is 0.725. The van der Waals surface area contributed by atoms with E-state index < -0.39 is 0 Å². The van der Waals surface area contributed by atoms with Gasteiger partial charge in [0, 0.05) is 0 Å². The third-order valence-corrected chi connectivity index (χ3v) is 3.35. The van der Waals surface area contributed by atoms with Crippen LogP contribution < -0.4 is 0 Å². The first-order valence-electron chi connectivity index (χ1n) is 8.08. The molecule has 21 heavy (non-hydrogen) atoms. The second kappa shape index (κ2) is 12.6. The molecule has 0 heterocycles. The first-order valence-corrected chi connectivity index (χ1v) is 8.08. The minimum absolute atomic E-state index is 0.725. The van der Waals surface area contributed by atoms with E-state index in [0.29, 0.717) is 0 Å². The van der Waals surface area contributed by atoms with E-state index in [1.807, 2.05) is 6.92 Å². The molecule has 1 nitrogen and oxygen atoms in total. The van der Waals surface area contributed by atoms with Gasteiger partial charge in [-0.3, -0.25) is 0 Å². The van der Waals surface area contributed by atoms with Crippen LogP contribution in [0.15, 0.2) is 47.1 Å².